The number of benzene rings is 2. The maximum Gasteiger partial charge on any atom is 0.303 e. The van der Waals surface area contributed by atoms with Crippen molar-refractivity contribution in [3.05, 3.63) is 66.0 Å². The van der Waals surface area contributed by atoms with E-state index in [0.717, 1.165) is 16.8 Å². The van der Waals surface area contributed by atoms with Crippen molar-refractivity contribution in [3.8, 4) is 17.1 Å². The Bertz CT molecular complexity index is 898. The molecule has 0 spiro atoms. The molecule has 7 heteroatoms. The van der Waals surface area contributed by atoms with Crippen LogP contribution in [0.5, 0.6) is 0 Å². The Balaban J connectivity index is 1.76. The Labute approximate surface area is 144 Å². The van der Waals surface area contributed by atoms with Crippen LogP contribution in [0, 0.1) is 5.41 Å². The van der Waals surface area contributed by atoms with Gasteiger partial charge >= 0.3 is 5.97 Å². The molecule has 0 fully saturated rings. The molecule has 126 valence electrons. The zero-order valence-corrected chi connectivity index (χ0v) is 13.4. The molecule has 3 aromatic rings. The van der Waals surface area contributed by atoms with Crippen LogP contribution in [-0.2, 0) is 11.2 Å². The number of nitrogens with two attached hydrogens (primary N) is 1. The summed E-state index contributed by atoms with van der Waals surface area (Å²) in [6.07, 6.45) is 2.24. The third kappa shape index (κ3) is 3.89. The first kappa shape index (κ1) is 16.4. The van der Waals surface area contributed by atoms with Crippen LogP contribution in [0.15, 0.2) is 54.9 Å². The fourth-order valence-electron chi connectivity index (χ4n) is 2.39. The topological polar surface area (TPSA) is 118 Å². The molecule has 0 unspecified atom stereocenters. The average Bonchev–Trinajstić information content (AvgIpc) is 3.10. The second-order valence-electron chi connectivity index (χ2n) is 5.56. The van der Waals surface area contributed by atoms with Crippen LogP contribution in [0.1, 0.15) is 17.5 Å². The van der Waals surface area contributed by atoms with Crippen molar-refractivity contribution in [1.29, 1.82) is 5.41 Å². The van der Waals surface area contributed by atoms with Crippen molar-refractivity contribution >= 4 is 11.8 Å². The number of nitrogen functional groups attached to an aromatic ring is 1. The fourth-order valence-corrected chi connectivity index (χ4v) is 2.39. The first-order valence-corrected chi connectivity index (χ1v) is 7.70. The Kier molecular flexibility index (Phi) is 4.56. The maximum absolute atomic E-state index is 10.6. The Morgan fingerprint density at radius 3 is 2.40 bits per heavy atom. The minimum atomic E-state index is -0.805. The third-order valence-corrected chi connectivity index (χ3v) is 3.77. The molecule has 0 saturated heterocycles. The van der Waals surface area contributed by atoms with Gasteiger partial charge in [-0.05, 0) is 24.1 Å². The SMILES string of the molecule is N=C(N)c1ccc(-c2ncn(-c3ccc(CCC(=O)O)cc3)n2)cc1. The molecule has 0 saturated carbocycles. The Hall–Kier alpha value is -3.48. The van der Waals surface area contributed by atoms with Gasteiger partial charge in [0.1, 0.15) is 12.2 Å². The molecule has 0 aliphatic carbocycles. The van der Waals surface area contributed by atoms with Gasteiger partial charge < -0.3 is 10.8 Å². The van der Waals surface area contributed by atoms with E-state index in [1.54, 1.807) is 23.1 Å². The number of hydrogen-bond donors (Lipinski definition) is 3. The Morgan fingerprint density at radius 1 is 1.12 bits per heavy atom. The van der Waals surface area contributed by atoms with E-state index < -0.39 is 5.97 Å². The highest BCUT2D eigenvalue weighted by Crippen LogP contribution is 2.17. The lowest BCUT2D eigenvalue weighted by Crippen LogP contribution is -2.10. The molecule has 3 rings (SSSR count). The number of carbonyl (C=O) groups is 1. The summed E-state index contributed by atoms with van der Waals surface area (Å²) in [5.41, 5.74) is 8.75. The monoisotopic (exact) mass is 335 g/mol. The first-order chi connectivity index (χ1) is 12.0. The molecule has 0 aliphatic rings. The predicted molar refractivity (Wildman–Crippen MR) is 93.8 cm³/mol. The van der Waals surface area contributed by atoms with E-state index in [4.69, 9.17) is 16.2 Å². The molecule has 0 bridgehead atoms. The van der Waals surface area contributed by atoms with Crippen LogP contribution in [0.25, 0.3) is 17.1 Å². The number of carboxylic acid groups (broad SMARTS) is 1. The van der Waals surface area contributed by atoms with E-state index in [9.17, 15) is 4.79 Å². The van der Waals surface area contributed by atoms with Crippen molar-refractivity contribution in [2.24, 2.45) is 5.73 Å². The standard InChI is InChI=1S/C18H17N5O2/c19-17(20)13-4-6-14(7-5-13)18-21-11-23(22-18)15-8-1-12(2-9-15)3-10-16(24)25/h1-2,4-9,11H,3,10H2,(H3,19,20)(H,24,25). The molecule has 2 aromatic carbocycles. The zero-order valence-electron chi connectivity index (χ0n) is 13.4. The van der Waals surface area contributed by atoms with Gasteiger partial charge in [0.25, 0.3) is 0 Å². The van der Waals surface area contributed by atoms with Crippen molar-refractivity contribution in [3.63, 3.8) is 0 Å². The average molecular weight is 335 g/mol. The van der Waals surface area contributed by atoms with E-state index in [-0.39, 0.29) is 12.3 Å². The number of amidine groups is 1. The maximum atomic E-state index is 10.6. The van der Waals surface area contributed by atoms with E-state index in [1.807, 2.05) is 36.4 Å². The molecule has 1 heterocycles. The van der Waals surface area contributed by atoms with Crippen molar-refractivity contribution in [2.75, 3.05) is 0 Å². The Morgan fingerprint density at radius 2 is 1.80 bits per heavy atom. The summed E-state index contributed by atoms with van der Waals surface area (Å²) in [5, 5.41) is 20.6. The van der Waals surface area contributed by atoms with Crippen molar-refractivity contribution in [2.45, 2.75) is 12.8 Å². The first-order valence-electron chi connectivity index (χ1n) is 7.70. The summed E-state index contributed by atoms with van der Waals surface area (Å²) in [4.78, 5) is 14.9. The summed E-state index contributed by atoms with van der Waals surface area (Å²) in [7, 11) is 0. The molecule has 0 atom stereocenters. The van der Waals surface area contributed by atoms with E-state index >= 15 is 0 Å². The van der Waals surface area contributed by atoms with Crippen molar-refractivity contribution in [1.82, 2.24) is 14.8 Å². The number of nitrogens with zero attached hydrogens (tertiary/aromatic N) is 3. The van der Waals surface area contributed by atoms with Crippen LogP contribution < -0.4 is 5.73 Å². The van der Waals surface area contributed by atoms with Crippen molar-refractivity contribution < 1.29 is 9.90 Å². The lowest BCUT2D eigenvalue weighted by Gasteiger charge is -2.03. The second-order valence-corrected chi connectivity index (χ2v) is 5.56. The summed E-state index contributed by atoms with van der Waals surface area (Å²) < 4.78 is 1.66. The smallest absolute Gasteiger partial charge is 0.303 e. The number of hydrogen-bond acceptors (Lipinski definition) is 4. The predicted octanol–water partition coefficient (Wildman–Crippen LogP) is 2.24. The molecule has 7 nitrogen and oxygen atoms in total. The van der Waals surface area contributed by atoms with Crippen LogP contribution >= 0.6 is 0 Å². The molecule has 25 heavy (non-hydrogen) atoms. The van der Waals surface area contributed by atoms with Crippen LogP contribution in [0.2, 0.25) is 0 Å². The molecular formula is C18H17N5O2. The molecule has 4 N–H and O–H groups in total. The van der Waals surface area contributed by atoms with Gasteiger partial charge in [-0.1, -0.05) is 36.4 Å². The third-order valence-electron chi connectivity index (χ3n) is 3.77. The highest BCUT2D eigenvalue weighted by atomic mass is 16.4. The summed E-state index contributed by atoms with van der Waals surface area (Å²) >= 11 is 0. The van der Waals surface area contributed by atoms with Crippen LogP contribution in [-0.4, -0.2) is 31.7 Å². The van der Waals surface area contributed by atoms with Gasteiger partial charge in [-0.3, -0.25) is 10.2 Å². The number of aliphatic carboxylic acids is 1. The molecule has 0 radical (unpaired) electrons. The second kappa shape index (κ2) is 6.96. The number of rotatable bonds is 6. The van der Waals surface area contributed by atoms with Crippen LogP contribution in [0.4, 0.5) is 0 Å². The van der Waals surface area contributed by atoms with E-state index in [0.29, 0.717) is 17.8 Å². The lowest BCUT2D eigenvalue weighted by atomic mass is 10.1. The van der Waals surface area contributed by atoms with E-state index in [2.05, 4.69) is 10.1 Å². The quantitative estimate of drug-likeness (QED) is 0.471. The largest absolute Gasteiger partial charge is 0.481 e. The van der Waals surface area contributed by atoms with Gasteiger partial charge in [-0.25, -0.2) is 9.67 Å². The lowest BCUT2D eigenvalue weighted by molar-refractivity contribution is -0.136. The highest BCUT2D eigenvalue weighted by molar-refractivity contribution is 5.95. The van der Waals surface area contributed by atoms with Gasteiger partial charge in [0.15, 0.2) is 5.82 Å². The highest BCUT2D eigenvalue weighted by Gasteiger charge is 2.07. The summed E-state index contributed by atoms with van der Waals surface area (Å²) in [5.74, 6) is -0.209. The van der Waals surface area contributed by atoms with Gasteiger partial charge in [0, 0.05) is 17.5 Å². The number of aryl methyl sites for hydroxylation is 1. The summed E-state index contributed by atoms with van der Waals surface area (Å²) in [6.45, 7) is 0. The van der Waals surface area contributed by atoms with Gasteiger partial charge in [-0.15, -0.1) is 5.10 Å². The zero-order chi connectivity index (χ0) is 17.8. The van der Waals surface area contributed by atoms with Crippen LogP contribution in [0.3, 0.4) is 0 Å². The number of aromatic nitrogens is 3. The minimum Gasteiger partial charge on any atom is -0.481 e. The fraction of sp³-hybridized carbons (Fsp3) is 0.111. The molecule has 1 aromatic heterocycles. The molecule has 0 aliphatic heterocycles. The molecular weight excluding hydrogens is 318 g/mol. The number of carboxylic acids is 1. The van der Waals surface area contributed by atoms with Gasteiger partial charge in [0.2, 0.25) is 0 Å². The molecule has 0 amide bonds. The minimum absolute atomic E-state index is 0.0213. The normalized spacial score (nSPS) is 10.6. The van der Waals surface area contributed by atoms with E-state index in [1.165, 1.54) is 0 Å². The van der Waals surface area contributed by atoms with Gasteiger partial charge in [-0.2, -0.15) is 0 Å². The summed E-state index contributed by atoms with van der Waals surface area (Å²) in [6, 6.07) is 14.7. The number of nitrogens with one attached hydrogen (secondary N) is 1. The van der Waals surface area contributed by atoms with Gasteiger partial charge in [0.05, 0.1) is 5.69 Å².